The van der Waals surface area contributed by atoms with Crippen molar-refractivity contribution in [1.82, 2.24) is 9.97 Å². The van der Waals surface area contributed by atoms with Crippen LogP contribution < -0.4 is 10.2 Å². The van der Waals surface area contributed by atoms with Gasteiger partial charge >= 0.3 is 0 Å². The van der Waals surface area contributed by atoms with E-state index in [0.29, 0.717) is 0 Å². The van der Waals surface area contributed by atoms with Crippen LogP contribution in [0.1, 0.15) is 26.3 Å². The molecule has 0 spiro atoms. The van der Waals surface area contributed by atoms with Crippen LogP contribution in [0.3, 0.4) is 0 Å². The molecule has 0 unspecified atom stereocenters. The average molecular weight is 399 g/mol. The molecule has 1 saturated heterocycles. The maximum atomic E-state index is 4.94. The van der Waals surface area contributed by atoms with Crippen LogP contribution in [-0.2, 0) is 0 Å². The third kappa shape index (κ3) is 4.22. The molecule has 1 N–H and O–H groups in total. The lowest BCUT2D eigenvalue weighted by Crippen LogP contribution is -2.34. The van der Waals surface area contributed by atoms with E-state index in [2.05, 4.69) is 68.2 Å². The normalized spacial score (nSPS) is 15.3. The number of benzene rings is 1. The zero-order chi connectivity index (χ0) is 19.0. The van der Waals surface area contributed by atoms with E-state index >= 15 is 0 Å². The molecule has 0 aliphatic carbocycles. The third-order valence-electron chi connectivity index (χ3n) is 4.49. The molecule has 4 rings (SSSR count). The molecule has 6 heteroatoms. The van der Waals surface area contributed by atoms with E-state index in [1.165, 1.54) is 20.7 Å². The van der Waals surface area contributed by atoms with E-state index in [0.717, 1.165) is 41.9 Å². The van der Waals surface area contributed by atoms with Gasteiger partial charge in [0.1, 0.15) is 0 Å². The van der Waals surface area contributed by atoms with Crippen molar-refractivity contribution in [3.63, 3.8) is 0 Å². The first-order valence-corrected chi connectivity index (χ1v) is 11.4. The molecule has 0 amide bonds. The van der Waals surface area contributed by atoms with Crippen LogP contribution >= 0.6 is 23.1 Å². The first kappa shape index (κ1) is 18.6. The summed E-state index contributed by atoms with van der Waals surface area (Å²) in [5.74, 6) is 4.11. The van der Waals surface area contributed by atoms with Gasteiger partial charge in [-0.05, 0) is 39.3 Å². The predicted octanol–water partition coefficient (Wildman–Crippen LogP) is 5.43. The quantitative estimate of drug-likeness (QED) is 0.637. The Labute approximate surface area is 169 Å². The highest BCUT2D eigenvalue weighted by Crippen LogP contribution is 2.38. The van der Waals surface area contributed by atoms with Crippen molar-refractivity contribution in [3.05, 3.63) is 35.9 Å². The number of nitrogens with one attached hydrogen (secondary N) is 1. The fourth-order valence-corrected chi connectivity index (χ4v) is 5.18. The minimum Gasteiger partial charge on any atom is -0.354 e. The molecule has 2 aromatic heterocycles. The monoisotopic (exact) mass is 398 g/mol. The molecule has 3 heterocycles. The van der Waals surface area contributed by atoms with Gasteiger partial charge in [0.15, 0.2) is 5.82 Å². The molecule has 4 nitrogen and oxygen atoms in total. The SMILES string of the molecule is Cc1ccc(-c2cc3nc(NC(C)(C)C)nc(N4CCSCC4)c3s2)cc1. The van der Waals surface area contributed by atoms with Crippen molar-refractivity contribution in [2.45, 2.75) is 33.2 Å². The van der Waals surface area contributed by atoms with E-state index in [-0.39, 0.29) is 5.54 Å². The molecule has 1 fully saturated rings. The summed E-state index contributed by atoms with van der Waals surface area (Å²) >= 11 is 3.82. The first-order valence-electron chi connectivity index (χ1n) is 9.38. The van der Waals surface area contributed by atoms with Gasteiger partial charge in [0.25, 0.3) is 0 Å². The number of aryl methyl sites for hydroxylation is 1. The van der Waals surface area contributed by atoms with Gasteiger partial charge in [-0.1, -0.05) is 29.8 Å². The van der Waals surface area contributed by atoms with E-state index in [1.807, 2.05) is 11.8 Å². The van der Waals surface area contributed by atoms with Crippen LogP contribution in [0.5, 0.6) is 0 Å². The fraction of sp³-hybridized carbons (Fsp3) is 0.429. The number of thiophene rings is 1. The Kier molecular flexibility index (Phi) is 5.03. The number of thioether (sulfide) groups is 1. The number of fused-ring (bicyclic) bond motifs is 1. The second-order valence-corrected chi connectivity index (χ2v) is 10.3. The van der Waals surface area contributed by atoms with E-state index in [4.69, 9.17) is 9.97 Å². The Hall–Kier alpha value is -1.79. The Morgan fingerprint density at radius 1 is 1.04 bits per heavy atom. The second-order valence-electron chi connectivity index (χ2n) is 8.04. The summed E-state index contributed by atoms with van der Waals surface area (Å²) in [5.41, 5.74) is 3.49. The maximum Gasteiger partial charge on any atom is 0.225 e. The molecule has 142 valence electrons. The van der Waals surface area contributed by atoms with Crippen molar-refractivity contribution in [1.29, 1.82) is 0 Å². The van der Waals surface area contributed by atoms with E-state index in [9.17, 15) is 0 Å². The van der Waals surface area contributed by atoms with Crippen LogP contribution in [0.4, 0.5) is 11.8 Å². The zero-order valence-corrected chi connectivity index (χ0v) is 18.0. The molecular weight excluding hydrogens is 372 g/mol. The molecule has 3 aromatic rings. The van der Waals surface area contributed by atoms with Crippen LogP contribution in [0.25, 0.3) is 20.7 Å². The largest absolute Gasteiger partial charge is 0.354 e. The number of rotatable bonds is 3. The third-order valence-corrected chi connectivity index (χ3v) is 6.60. The highest BCUT2D eigenvalue weighted by molar-refractivity contribution is 7.99. The topological polar surface area (TPSA) is 41.1 Å². The number of aromatic nitrogens is 2. The molecular formula is C21H26N4S2. The fourth-order valence-electron chi connectivity index (χ4n) is 3.16. The van der Waals surface area contributed by atoms with Gasteiger partial charge in [-0.15, -0.1) is 11.3 Å². The van der Waals surface area contributed by atoms with Gasteiger partial charge in [0, 0.05) is 35.0 Å². The van der Waals surface area contributed by atoms with Crippen molar-refractivity contribution in [2.24, 2.45) is 0 Å². The summed E-state index contributed by atoms with van der Waals surface area (Å²) in [5, 5.41) is 3.46. The first-order chi connectivity index (χ1) is 12.9. The lowest BCUT2D eigenvalue weighted by Gasteiger charge is -2.28. The molecule has 0 radical (unpaired) electrons. The van der Waals surface area contributed by atoms with Gasteiger partial charge in [0.2, 0.25) is 5.95 Å². The van der Waals surface area contributed by atoms with E-state index < -0.39 is 0 Å². The Morgan fingerprint density at radius 2 is 1.74 bits per heavy atom. The van der Waals surface area contributed by atoms with E-state index in [1.54, 1.807) is 11.3 Å². The summed E-state index contributed by atoms with van der Waals surface area (Å²) in [6, 6.07) is 10.9. The van der Waals surface area contributed by atoms with Gasteiger partial charge in [-0.3, -0.25) is 0 Å². The van der Waals surface area contributed by atoms with Crippen molar-refractivity contribution in [3.8, 4) is 10.4 Å². The molecule has 1 aliphatic heterocycles. The minimum absolute atomic E-state index is 0.0709. The van der Waals surface area contributed by atoms with Crippen LogP contribution in [0.2, 0.25) is 0 Å². The second kappa shape index (κ2) is 7.32. The van der Waals surface area contributed by atoms with Gasteiger partial charge in [-0.2, -0.15) is 16.7 Å². The summed E-state index contributed by atoms with van der Waals surface area (Å²) in [4.78, 5) is 13.4. The number of hydrogen-bond acceptors (Lipinski definition) is 6. The molecule has 0 bridgehead atoms. The number of nitrogens with zero attached hydrogens (tertiary/aromatic N) is 3. The minimum atomic E-state index is -0.0709. The summed E-state index contributed by atoms with van der Waals surface area (Å²) in [7, 11) is 0. The summed E-state index contributed by atoms with van der Waals surface area (Å²) in [6.45, 7) is 10.6. The lowest BCUT2D eigenvalue weighted by atomic mass is 10.1. The van der Waals surface area contributed by atoms with Crippen molar-refractivity contribution in [2.75, 3.05) is 34.8 Å². The standard InChI is InChI=1S/C21H26N4S2/c1-14-5-7-15(8-6-14)17-13-16-18(27-17)19(25-9-11-26-12-10-25)23-20(22-16)24-21(2,3)4/h5-8,13H,9-12H2,1-4H3,(H,22,23,24). The molecule has 0 saturated carbocycles. The van der Waals surface area contributed by atoms with Gasteiger partial charge in [-0.25, -0.2) is 4.98 Å². The predicted molar refractivity (Wildman–Crippen MR) is 121 cm³/mol. The van der Waals surface area contributed by atoms with Crippen molar-refractivity contribution < 1.29 is 0 Å². The zero-order valence-electron chi connectivity index (χ0n) is 16.4. The Morgan fingerprint density at radius 3 is 2.41 bits per heavy atom. The molecule has 1 aromatic carbocycles. The summed E-state index contributed by atoms with van der Waals surface area (Å²) in [6.07, 6.45) is 0. The lowest BCUT2D eigenvalue weighted by molar-refractivity contribution is 0.626. The number of hydrogen-bond donors (Lipinski definition) is 1. The molecule has 0 atom stereocenters. The number of anilines is 2. The Balaban J connectivity index is 1.82. The highest BCUT2D eigenvalue weighted by atomic mass is 32.2. The van der Waals surface area contributed by atoms with Crippen LogP contribution in [-0.4, -0.2) is 40.1 Å². The van der Waals surface area contributed by atoms with Crippen molar-refractivity contribution >= 4 is 45.1 Å². The van der Waals surface area contributed by atoms with Gasteiger partial charge < -0.3 is 10.2 Å². The maximum absolute atomic E-state index is 4.94. The molecule has 1 aliphatic rings. The van der Waals surface area contributed by atoms with Crippen LogP contribution in [0.15, 0.2) is 30.3 Å². The molecule has 27 heavy (non-hydrogen) atoms. The smallest absolute Gasteiger partial charge is 0.225 e. The highest BCUT2D eigenvalue weighted by Gasteiger charge is 2.21. The van der Waals surface area contributed by atoms with Crippen LogP contribution in [0, 0.1) is 6.92 Å². The Bertz CT molecular complexity index is 935. The average Bonchev–Trinajstić information content (AvgIpc) is 3.05. The van der Waals surface area contributed by atoms with Gasteiger partial charge in [0.05, 0.1) is 10.2 Å². The summed E-state index contributed by atoms with van der Waals surface area (Å²) < 4.78 is 1.19.